The number of hydrogen-bond donors (Lipinski definition) is 1. The minimum Gasteiger partial charge on any atom is -0.447 e. The smallest absolute Gasteiger partial charge is 0.214 e. The molecule has 0 aromatic carbocycles. The van der Waals surface area contributed by atoms with Crippen LogP contribution >= 0.6 is 0 Å². The van der Waals surface area contributed by atoms with E-state index in [4.69, 9.17) is 10.2 Å². The van der Waals surface area contributed by atoms with E-state index in [1.165, 1.54) is 0 Å². The number of aryl methyl sites for hydroxylation is 1. The maximum absolute atomic E-state index is 5.82. The number of nitrogens with two attached hydrogens (primary N) is 1. The van der Waals surface area contributed by atoms with Crippen LogP contribution in [0, 0.1) is 6.92 Å². The molecule has 0 bridgehead atoms. The van der Waals surface area contributed by atoms with E-state index < -0.39 is 0 Å². The van der Waals surface area contributed by atoms with Gasteiger partial charge in [-0.25, -0.2) is 4.98 Å². The highest BCUT2D eigenvalue weighted by atomic mass is 16.3. The van der Waals surface area contributed by atoms with Crippen molar-refractivity contribution in [1.29, 1.82) is 0 Å². The number of aromatic nitrogens is 1. The third-order valence-electron chi connectivity index (χ3n) is 1.83. The molecule has 1 aromatic heterocycles. The van der Waals surface area contributed by atoms with Gasteiger partial charge in [0.15, 0.2) is 0 Å². The predicted octanol–water partition coefficient (Wildman–Crippen LogP) is 0.931. The zero-order chi connectivity index (χ0) is 7.19. The van der Waals surface area contributed by atoms with Crippen LogP contribution in [-0.2, 0) is 5.54 Å². The molecule has 0 amide bonds. The van der Waals surface area contributed by atoms with Gasteiger partial charge in [0.05, 0.1) is 11.2 Å². The highest BCUT2D eigenvalue weighted by Gasteiger charge is 2.44. The molecule has 3 nitrogen and oxygen atoms in total. The van der Waals surface area contributed by atoms with Crippen LogP contribution in [0.2, 0.25) is 0 Å². The lowest BCUT2D eigenvalue weighted by Crippen LogP contribution is -2.18. The largest absolute Gasteiger partial charge is 0.447 e. The zero-order valence-electron chi connectivity index (χ0n) is 5.92. The Hall–Kier alpha value is -0.830. The van der Waals surface area contributed by atoms with Crippen LogP contribution in [0.5, 0.6) is 0 Å². The van der Waals surface area contributed by atoms with E-state index in [0.29, 0.717) is 5.89 Å². The Morgan fingerprint density at radius 3 is 2.80 bits per heavy atom. The molecule has 1 aliphatic rings. The maximum Gasteiger partial charge on any atom is 0.214 e. The van der Waals surface area contributed by atoms with Crippen LogP contribution in [0.1, 0.15) is 24.4 Å². The predicted molar refractivity (Wildman–Crippen MR) is 36.3 cm³/mol. The second-order valence-corrected chi connectivity index (χ2v) is 2.95. The molecule has 1 aliphatic carbocycles. The van der Waals surface area contributed by atoms with Crippen LogP contribution < -0.4 is 5.73 Å². The summed E-state index contributed by atoms with van der Waals surface area (Å²) in [5, 5.41) is 0. The van der Waals surface area contributed by atoms with Gasteiger partial charge in [-0.3, -0.25) is 0 Å². The van der Waals surface area contributed by atoms with Gasteiger partial charge in [0, 0.05) is 0 Å². The first-order chi connectivity index (χ1) is 4.71. The highest BCUT2D eigenvalue weighted by molar-refractivity contribution is 5.13. The Morgan fingerprint density at radius 1 is 1.70 bits per heavy atom. The zero-order valence-corrected chi connectivity index (χ0v) is 5.92. The summed E-state index contributed by atoms with van der Waals surface area (Å²) in [6.07, 6.45) is 3.65. The first kappa shape index (κ1) is 5.92. The van der Waals surface area contributed by atoms with Gasteiger partial charge in [-0.1, -0.05) is 0 Å². The number of rotatable bonds is 1. The van der Waals surface area contributed by atoms with Crippen molar-refractivity contribution in [1.82, 2.24) is 4.98 Å². The van der Waals surface area contributed by atoms with E-state index in [0.717, 1.165) is 18.5 Å². The Labute approximate surface area is 59.2 Å². The molecule has 0 radical (unpaired) electrons. The molecule has 0 saturated heterocycles. The van der Waals surface area contributed by atoms with Crippen molar-refractivity contribution in [2.75, 3.05) is 0 Å². The van der Waals surface area contributed by atoms with E-state index in [9.17, 15) is 0 Å². The molecule has 54 valence electrons. The molecule has 2 rings (SSSR count). The van der Waals surface area contributed by atoms with Crippen LogP contribution in [-0.4, -0.2) is 4.98 Å². The minimum atomic E-state index is -0.214. The lowest BCUT2D eigenvalue weighted by Gasteiger charge is -1.98. The van der Waals surface area contributed by atoms with Crippen LogP contribution in [0.4, 0.5) is 0 Å². The van der Waals surface area contributed by atoms with Crippen molar-refractivity contribution in [3.8, 4) is 0 Å². The maximum atomic E-state index is 5.82. The van der Waals surface area contributed by atoms with E-state index in [2.05, 4.69) is 4.98 Å². The highest BCUT2D eigenvalue weighted by Crippen LogP contribution is 2.41. The van der Waals surface area contributed by atoms with E-state index in [1.54, 1.807) is 6.26 Å². The fraction of sp³-hybridized carbons (Fsp3) is 0.571. The topological polar surface area (TPSA) is 52.0 Å². The summed E-state index contributed by atoms with van der Waals surface area (Å²) in [7, 11) is 0. The molecule has 1 heterocycles. The van der Waals surface area contributed by atoms with Gasteiger partial charge in [0.2, 0.25) is 5.89 Å². The Morgan fingerprint density at radius 2 is 2.40 bits per heavy atom. The van der Waals surface area contributed by atoms with E-state index >= 15 is 0 Å². The minimum absolute atomic E-state index is 0.214. The van der Waals surface area contributed by atoms with Crippen molar-refractivity contribution >= 4 is 0 Å². The first-order valence-electron chi connectivity index (χ1n) is 3.42. The average molecular weight is 138 g/mol. The van der Waals surface area contributed by atoms with Gasteiger partial charge in [0.25, 0.3) is 0 Å². The summed E-state index contributed by atoms with van der Waals surface area (Å²) in [6, 6.07) is 0. The van der Waals surface area contributed by atoms with Crippen molar-refractivity contribution in [2.45, 2.75) is 25.3 Å². The van der Waals surface area contributed by atoms with Gasteiger partial charge >= 0.3 is 0 Å². The molecule has 0 aliphatic heterocycles. The SMILES string of the molecule is Cc1coc(C2(N)CC2)n1. The van der Waals surface area contributed by atoms with Gasteiger partial charge < -0.3 is 10.2 Å². The van der Waals surface area contributed by atoms with Crippen molar-refractivity contribution in [3.05, 3.63) is 17.8 Å². The van der Waals surface area contributed by atoms with Crippen molar-refractivity contribution in [3.63, 3.8) is 0 Å². The average Bonchev–Trinajstić information content (AvgIpc) is 2.45. The number of oxazole rings is 1. The molecule has 0 unspecified atom stereocenters. The molecule has 3 heteroatoms. The third-order valence-corrected chi connectivity index (χ3v) is 1.83. The number of nitrogens with zero attached hydrogens (tertiary/aromatic N) is 1. The van der Waals surface area contributed by atoms with Gasteiger partial charge in [0.1, 0.15) is 6.26 Å². The fourth-order valence-electron chi connectivity index (χ4n) is 0.931. The van der Waals surface area contributed by atoms with Crippen LogP contribution in [0.25, 0.3) is 0 Å². The Kier molecular flexibility index (Phi) is 0.951. The monoisotopic (exact) mass is 138 g/mol. The van der Waals surface area contributed by atoms with Crippen LogP contribution in [0.15, 0.2) is 10.7 Å². The third kappa shape index (κ3) is 0.743. The summed E-state index contributed by atoms with van der Waals surface area (Å²) in [4.78, 5) is 4.15. The summed E-state index contributed by atoms with van der Waals surface area (Å²) in [6.45, 7) is 1.90. The molecule has 0 spiro atoms. The van der Waals surface area contributed by atoms with Gasteiger partial charge in [-0.15, -0.1) is 0 Å². The summed E-state index contributed by atoms with van der Waals surface area (Å²) < 4.78 is 5.16. The summed E-state index contributed by atoms with van der Waals surface area (Å²) >= 11 is 0. The quantitative estimate of drug-likeness (QED) is 0.628. The molecule has 1 fully saturated rings. The molecular weight excluding hydrogens is 128 g/mol. The Balaban J connectivity index is 2.34. The molecule has 0 atom stereocenters. The van der Waals surface area contributed by atoms with Crippen molar-refractivity contribution in [2.24, 2.45) is 5.73 Å². The molecular formula is C7H10N2O. The Bertz CT molecular complexity index is 250. The first-order valence-corrected chi connectivity index (χ1v) is 3.42. The standard InChI is InChI=1S/C7H10N2O/c1-5-4-10-6(9-5)7(8)2-3-7/h4H,2-3,8H2,1H3. The fourth-order valence-corrected chi connectivity index (χ4v) is 0.931. The molecule has 10 heavy (non-hydrogen) atoms. The number of hydrogen-bond acceptors (Lipinski definition) is 3. The molecule has 2 N–H and O–H groups in total. The second-order valence-electron chi connectivity index (χ2n) is 2.95. The summed E-state index contributed by atoms with van der Waals surface area (Å²) in [5.41, 5.74) is 6.52. The van der Waals surface area contributed by atoms with Gasteiger partial charge in [-0.2, -0.15) is 0 Å². The van der Waals surface area contributed by atoms with E-state index in [-0.39, 0.29) is 5.54 Å². The van der Waals surface area contributed by atoms with Crippen LogP contribution in [0.3, 0.4) is 0 Å². The molecule has 1 aromatic rings. The van der Waals surface area contributed by atoms with Crippen molar-refractivity contribution < 1.29 is 4.42 Å². The lowest BCUT2D eigenvalue weighted by atomic mass is 10.3. The normalized spacial score (nSPS) is 21.0. The molecule has 1 saturated carbocycles. The summed E-state index contributed by atoms with van der Waals surface area (Å²) in [5.74, 6) is 0.699. The van der Waals surface area contributed by atoms with Gasteiger partial charge in [-0.05, 0) is 19.8 Å². The second kappa shape index (κ2) is 1.61. The van der Waals surface area contributed by atoms with E-state index in [1.807, 2.05) is 6.92 Å². The lowest BCUT2D eigenvalue weighted by molar-refractivity contribution is 0.440.